The van der Waals surface area contributed by atoms with Crippen molar-refractivity contribution in [2.75, 3.05) is 6.61 Å². The maximum Gasteiger partial charge on any atom is 0.309 e. The Morgan fingerprint density at radius 3 is 1.94 bits per heavy atom. The van der Waals surface area contributed by atoms with Crippen molar-refractivity contribution in [1.82, 2.24) is 0 Å². The van der Waals surface area contributed by atoms with Crippen molar-refractivity contribution in [3.63, 3.8) is 0 Å². The zero-order valence-corrected chi connectivity index (χ0v) is 10.4. The summed E-state index contributed by atoms with van der Waals surface area (Å²) >= 11 is 0. The molecule has 1 N–H and O–H groups in total. The lowest BCUT2D eigenvalue weighted by atomic mass is 9.85. The highest BCUT2D eigenvalue weighted by Crippen LogP contribution is 2.24. The molecule has 0 rings (SSSR count). The first-order chi connectivity index (χ1) is 7.58. The van der Waals surface area contributed by atoms with E-state index in [2.05, 4.69) is 0 Å². The predicted octanol–water partition coefficient (Wildman–Crippen LogP) is 2.47. The molecule has 0 spiro atoms. The van der Waals surface area contributed by atoms with Gasteiger partial charge in [-0.3, -0.25) is 9.59 Å². The quantitative estimate of drug-likeness (QED) is 0.650. The van der Waals surface area contributed by atoms with E-state index >= 15 is 0 Å². The van der Waals surface area contributed by atoms with Gasteiger partial charge in [0.25, 0.3) is 0 Å². The number of ether oxygens (including phenoxy) is 1. The summed E-state index contributed by atoms with van der Waals surface area (Å²) in [6, 6.07) is 0. The van der Waals surface area contributed by atoms with Crippen LogP contribution in [0.15, 0.2) is 0 Å². The van der Waals surface area contributed by atoms with Gasteiger partial charge >= 0.3 is 11.9 Å². The predicted molar refractivity (Wildman–Crippen MR) is 61.1 cm³/mol. The van der Waals surface area contributed by atoms with E-state index < -0.39 is 17.8 Å². The minimum Gasteiger partial charge on any atom is -0.481 e. The van der Waals surface area contributed by atoms with E-state index in [0.29, 0.717) is 19.4 Å². The molecule has 0 bridgehead atoms. The largest absolute Gasteiger partial charge is 0.481 e. The number of hydrogen-bond donors (Lipinski definition) is 1. The van der Waals surface area contributed by atoms with Crippen LogP contribution in [-0.2, 0) is 14.3 Å². The van der Waals surface area contributed by atoms with Gasteiger partial charge in [-0.15, -0.1) is 0 Å². The molecule has 0 saturated carbocycles. The monoisotopic (exact) mass is 230 g/mol. The van der Waals surface area contributed by atoms with Crippen molar-refractivity contribution in [2.24, 2.45) is 11.8 Å². The van der Waals surface area contributed by atoms with Crippen LogP contribution in [0.1, 0.15) is 46.5 Å². The molecule has 94 valence electrons. The van der Waals surface area contributed by atoms with Crippen LogP contribution in [0.2, 0.25) is 0 Å². The van der Waals surface area contributed by atoms with Gasteiger partial charge in [-0.1, -0.05) is 26.7 Å². The number of carboxylic acid groups (broad SMARTS) is 1. The molecule has 0 heterocycles. The Bertz CT molecular complexity index is 225. The summed E-state index contributed by atoms with van der Waals surface area (Å²) in [5, 5.41) is 9.11. The first kappa shape index (κ1) is 14.9. The van der Waals surface area contributed by atoms with Crippen molar-refractivity contribution in [3.05, 3.63) is 0 Å². The van der Waals surface area contributed by atoms with E-state index in [-0.39, 0.29) is 5.97 Å². The molecule has 0 saturated heterocycles. The molecule has 4 nitrogen and oxygen atoms in total. The summed E-state index contributed by atoms with van der Waals surface area (Å²) in [5.74, 6) is -2.37. The Morgan fingerprint density at radius 1 is 1.06 bits per heavy atom. The number of carboxylic acids is 1. The van der Waals surface area contributed by atoms with Crippen LogP contribution in [0.5, 0.6) is 0 Å². The summed E-state index contributed by atoms with van der Waals surface area (Å²) < 4.78 is 4.93. The van der Waals surface area contributed by atoms with Gasteiger partial charge in [0.2, 0.25) is 0 Å². The molecule has 0 radical (unpaired) electrons. The number of rotatable bonds is 8. The maximum absolute atomic E-state index is 11.7. The van der Waals surface area contributed by atoms with Gasteiger partial charge < -0.3 is 9.84 Å². The van der Waals surface area contributed by atoms with Crippen LogP contribution >= 0.6 is 0 Å². The van der Waals surface area contributed by atoms with Crippen LogP contribution < -0.4 is 0 Å². The molecule has 0 aromatic heterocycles. The maximum atomic E-state index is 11.7. The van der Waals surface area contributed by atoms with Gasteiger partial charge in [-0.2, -0.15) is 0 Å². The lowest BCUT2D eigenvalue weighted by molar-refractivity contribution is -0.158. The molecule has 16 heavy (non-hydrogen) atoms. The Labute approximate surface area is 97.0 Å². The number of esters is 1. The highest BCUT2D eigenvalue weighted by molar-refractivity contribution is 5.81. The minimum absolute atomic E-state index is 0.303. The number of aliphatic carboxylic acids is 1. The van der Waals surface area contributed by atoms with Crippen molar-refractivity contribution in [2.45, 2.75) is 46.5 Å². The van der Waals surface area contributed by atoms with Gasteiger partial charge in [0, 0.05) is 0 Å². The molecule has 0 amide bonds. The molecule has 0 aromatic carbocycles. The average Bonchev–Trinajstić information content (AvgIpc) is 2.23. The number of hydrogen-bond acceptors (Lipinski definition) is 3. The van der Waals surface area contributed by atoms with Crippen molar-refractivity contribution < 1.29 is 19.4 Å². The molecular formula is C12H22O4. The molecule has 0 unspecified atom stereocenters. The van der Waals surface area contributed by atoms with Crippen LogP contribution in [0.4, 0.5) is 0 Å². The summed E-state index contributed by atoms with van der Waals surface area (Å²) in [6.07, 6.45) is 2.65. The van der Waals surface area contributed by atoms with E-state index in [0.717, 1.165) is 12.8 Å². The second-order valence-corrected chi connectivity index (χ2v) is 3.88. The average molecular weight is 230 g/mol. The summed E-state index contributed by atoms with van der Waals surface area (Å²) in [6.45, 7) is 5.90. The molecular weight excluding hydrogens is 208 g/mol. The summed E-state index contributed by atoms with van der Waals surface area (Å²) in [4.78, 5) is 22.8. The zero-order valence-electron chi connectivity index (χ0n) is 10.4. The van der Waals surface area contributed by atoms with Crippen molar-refractivity contribution in [1.29, 1.82) is 0 Å². The van der Waals surface area contributed by atoms with Crippen LogP contribution in [0.3, 0.4) is 0 Å². The Kier molecular flexibility index (Phi) is 7.60. The Hall–Kier alpha value is -1.06. The minimum atomic E-state index is -0.895. The molecule has 0 aromatic rings. The molecule has 0 aliphatic heterocycles. The lowest BCUT2D eigenvalue weighted by Crippen LogP contribution is -2.31. The summed E-state index contributed by atoms with van der Waals surface area (Å²) in [7, 11) is 0. The van der Waals surface area contributed by atoms with E-state index in [9.17, 15) is 9.59 Å². The van der Waals surface area contributed by atoms with Crippen LogP contribution in [-0.4, -0.2) is 23.7 Å². The van der Waals surface area contributed by atoms with E-state index in [1.165, 1.54) is 0 Å². The van der Waals surface area contributed by atoms with Gasteiger partial charge in [0.15, 0.2) is 0 Å². The standard InChI is InChI=1S/C12H22O4/c1-4-7-9(11(13)14)10(8-5-2)12(15)16-6-3/h9-10H,4-8H2,1-3H3,(H,13,14)/t9-,10+/m0/s1. The molecule has 0 aliphatic rings. The fourth-order valence-electron chi connectivity index (χ4n) is 1.85. The smallest absolute Gasteiger partial charge is 0.309 e. The first-order valence-corrected chi connectivity index (χ1v) is 5.97. The molecule has 0 fully saturated rings. The highest BCUT2D eigenvalue weighted by atomic mass is 16.5. The Morgan fingerprint density at radius 2 is 1.56 bits per heavy atom. The second kappa shape index (κ2) is 8.13. The SMILES string of the molecule is CCC[C@H](C(=O)O)[C@@H](CCC)C(=O)OCC. The Balaban J connectivity index is 4.68. The lowest BCUT2D eigenvalue weighted by Gasteiger charge is -2.21. The molecule has 0 aliphatic carbocycles. The number of carbonyl (C=O) groups is 2. The van der Waals surface area contributed by atoms with Gasteiger partial charge in [0.1, 0.15) is 0 Å². The fourth-order valence-corrected chi connectivity index (χ4v) is 1.85. The second-order valence-electron chi connectivity index (χ2n) is 3.88. The van der Waals surface area contributed by atoms with E-state index in [1.54, 1.807) is 6.92 Å². The fraction of sp³-hybridized carbons (Fsp3) is 0.833. The molecule has 4 heteroatoms. The summed E-state index contributed by atoms with van der Waals surface area (Å²) in [5.41, 5.74) is 0. The van der Waals surface area contributed by atoms with E-state index in [1.807, 2.05) is 13.8 Å². The van der Waals surface area contributed by atoms with Crippen LogP contribution in [0.25, 0.3) is 0 Å². The third-order valence-electron chi connectivity index (χ3n) is 2.59. The highest BCUT2D eigenvalue weighted by Gasteiger charge is 2.33. The topological polar surface area (TPSA) is 63.6 Å². The van der Waals surface area contributed by atoms with Crippen molar-refractivity contribution in [3.8, 4) is 0 Å². The number of carbonyl (C=O) groups excluding carboxylic acids is 1. The third-order valence-corrected chi connectivity index (χ3v) is 2.59. The molecule has 2 atom stereocenters. The zero-order chi connectivity index (χ0) is 12.6. The van der Waals surface area contributed by atoms with E-state index in [4.69, 9.17) is 9.84 Å². The van der Waals surface area contributed by atoms with Crippen molar-refractivity contribution >= 4 is 11.9 Å². The normalized spacial score (nSPS) is 14.2. The van der Waals surface area contributed by atoms with Gasteiger partial charge in [-0.05, 0) is 19.8 Å². The van der Waals surface area contributed by atoms with Crippen LogP contribution in [0, 0.1) is 11.8 Å². The van der Waals surface area contributed by atoms with Gasteiger partial charge in [-0.25, -0.2) is 0 Å². The van der Waals surface area contributed by atoms with Gasteiger partial charge in [0.05, 0.1) is 18.4 Å². The third kappa shape index (κ3) is 4.64. The first-order valence-electron chi connectivity index (χ1n) is 5.97.